The molecule has 2 aromatic heterocycles. The third-order valence-electron chi connectivity index (χ3n) is 9.21. The van der Waals surface area contributed by atoms with Crippen LogP contribution in [0.25, 0.3) is 5.69 Å². The van der Waals surface area contributed by atoms with Gasteiger partial charge < -0.3 is 28.6 Å². The predicted molar refractivity (Wildman–Crippen MR) is 185 cm³/mol. The third-order valence-corrected chi connectivity index (χ3v) is 9.21. The van der Waals surface area contributed by atoms with E-state index >= 15 is 0 Å². The number of hydrogen-bond donors (Lipinski definition) is 0. The summed E-state index contributed by atoms with van der Waals surface area (Å²) in [5.41, 5.74) is 3.03. The van der Waals surface area contributed by atoms with Crippen molar-refractivity contribution >= 4 is 11.4 Å². The number of halogens is 2. The summed E-state index contributed by atoms with van der Waals surface area (Å²) in [6.07, 6.45) is 6.97. The molecule has 3 aromatic carbocycles. The number of piperazine rings is 1. The highest BCUT2D eigenvalue weighted by Crippen LogP contribution is 2.38. The zero-order valence-corrected chi connectivity index (χ0v) is 28.2. The van der Waals surface area contributed by atoms with Crippen LogP contribution in [0.2, 0.25) is 0 Å². The van der Waals surface area contributed by atoms with Crippen LogP contribution in [-0.4, -0.2) is 69.4 Å². The molecule has 5 aromatic rings. The topological polar surface area (TPSA) is 91.8 Å². The van der Waals surface area contributed by atoms with Crippen molar-refractivity contribution in [3.8, 4) is 11.4 Å². The summed E-state index contributed by atoms with van der Waals surface area (Å²) >= 11 is 0. The average Bonchev–Trinajstić information content (AvgIpc) is 3.88. The van der Waals surface area contributed by atoms with E-state index in [1.54, 1.807) is 34.2 Å². The van der Waals surface area contributed by atoms with Gasteiger partial charge in [0.25, 0.3) is 0 Å². The number of aromatic nitrogens is 5. The number of benzene rings is 3. The summed E-state index contributed by atoms with van der Waals surface area (Å²) < 4.78 is 51.8. The molecule has 4 heterocycles. The van der Waals surface area contributed by atoms with Crippen molar-refractivity contribution in [3.63, 3.8) is 0 Å². The van der Waals surface area contributed by atoms with Gasteiger partial charge in [0.1, 0.15) is 36.4 Å². The monoisotopic (exact) mass is 685 g/mol. The summed E-state index contributed by atoms with van der Waals surface area (Å²) in [7, 11) is 0. The van der Waals surface area contributed by atoms with Gasteiger partial charge in [-0.25, -0.2) is 27.8 Å². The fourth-order valence-electron chi connectivity index (χ4n) is 6.41. The van der Waals surface area contributed by atoms with E-state index in [9.17, 15) is 13.6 Å². The average molecular weight is 686 g/mol. The second-order valence-electron chi connectivity index (χ2n) is 13.1. The molecule has 2 saturated heterocycles. The van der Waals surface area contributed by atoms with Gasteiger partial charge in [-0.05, 0) is 73.0 Å². The fourth-order valence-corrected chi connectivity index (χ4v) is 6.41. The molecular formula is C37H41F2N7O4. The largest absolute Gasteiger partial charge is 0.491 e. The molecular weight excluding hydrogens is 644 g/mol. The number of imidazole rings is 1. The van der Waals surface area contributed by atoms with E-state index in [2.05, 4.69) is 45.9 Å². The molecule has 50 heavy (non-hydrogen) atoms. The Morgan fingerprint density at radius 3 is 2.24 bits per heavy atom. The minimum Gasteiger partial charge on any atom is -0.491 e. The highest BCUT2D eigenvalue weighted by atomic mass is 19.1. The molecule has 0 aliphatic carbocycles. The van der Waals surface area contributed by atoms with Crippen molar-refractivity contribution in [1.82, 2.24) is 23.9 Å². The number of aryl methyl sites for hydroxylation is 1. The molecule has 0 amide bonds. The third kappa shape index (κ3) is 7.29. The molecule has 2 unspecified atom stereocenters. The summed E-state index contributed by atoms with van der Waals surface area (Å²) in [6.45, 7) is 8.84. The van der Waals surface area contributed by atoms with Crippen LogP contribution in [0.4, 0.5) is 20.2 Å². The Hall–Kier alpha value is -5.01. The Morgan fingerprint density at radius 2 is 1.60 bits per heavy atom. The number of hydrogen-bond acceptors (Lipinski definition) is 8. The lowest BCUT2D eigenvalue weighted by molar-refractivity contribution is -0.191. The van der Waals surface area contributed by atoms with Crippen LogP contribution in [-0.2, 0) is 28.4 Å². The van der Waals surface area contributed by atoms with Gasteiger partial charge in [0.15, 0.2) is 0 Å². The Bertz CT molecular complexity index is 1920. The lowest BCUT2D eigenvalue weighted by Gasteiger charge is -2.37. The van der Waals surface area contributed by atoms with Gasteiger partial charge in [-0.2, -0.15) is 5.10 Å². The molecule has 7 rings (SSSR count). The van der Waals surface area contributed by atoms with Crippen LogP contribution in [0.1, 0.15) is 25.8 Å². The maximum atomic E-state index is 14.9. The van der Waals surface area contributed by atoms with Crippen LogP contribution in [0.5, 0.6) is 5.75 Å². The van der Waals surface area contributed by atoms with Crippen LogP contribution in [0.15, 0.2) is 96.6 Å². The maximum Gasteiger partial charge on any atom is 0.350 e. The lowest BCUT2D eigenvalue weighted by atomic mass is 10.0. The quantitative estimate of drug-likeness (QED) is 0.177. The first-order valence-electron chi connectivity index (χ1n) is 17.0. The number of anilines is 2. The summed E-state index contributed by atoms with van der Waals surface area (Å²) in [5.74, 6) is -1.67. The first-order chi connectivity index (χ1) is 24.3. The number of nitrogens with zero attached hydrogens (tertiary/aromatic N) is 7. The predicted octanol–water partition coefficient (Wildman–Crippen LogP) is 5.23. The van der Waals surface area contributed by atoms with Crippen LogP contribution < -0.4 is 20.2 Å². The van der Waals surface area contributed by atoms with Crippen LogP contribution in [0, 0.1) is 17.6 Å². The number of rotatable bonds is 12. The van der Waals surface area contributed by atoms with E-state index in [-0.39, 0.29) is 31.0 Å². The van der Waals surface area contributed by atoms with E-state index in [4.69, 9.17) is 14.2 Å². The molecule has 0 N–H and O–H groups in total. The van der Waals surface area contributed by atoms with Gasteiger partial charge in [0.05, 0.1) is 25.2 Å². The normalized spacial score (nSPS) is 19.4. The standard InChI is InChI=1S/C37H41F2N7O4/c1-27(2)13-15-46-36(47)45(26-41-46)31-6-4-29(5-7-31)43-17-19-44(20-18-43)30-8-10-32(11-9-30)48-22-33-23-49-37(50-33,24-42-16-14-40-25-42)34-12-3-28(38)21-35(34)39/h3-12,14,16,21,25-27,33H,13,15,17-20,22-24H2,1-2H3. The molecule has 2 aliphatic heterocycles. The van der Waals surface area contributed by atoms with Crippen molar-refractivity contribution in [2.45, 2.75) is 45.2 Å². The molecule has 0 radical (unpaired) electrons. The fraction of sp³-hybridized carbons (Fsp3) is 0.378. The van der Waals surface area contributed by atoms with Crippen molar-refractivity contribution in [1.29, 1.82) is 0 Å². The second-order valence-corrected chi connectivity index (χ2v) is 13.1. The molecule has 2 aliphatic rings. The Balaban J connectivity index is 0.915. The van der Waals surface area contributed by atoms with Crippen LogP contribution >= 0.6 is 0 Å². The smallest absolute Gasteiger partial charge is 0.350 e. The number of ether oxygens (including phenoxy) is 3. The Kier molecular flexibility index (Phi) is 9.68. The van der Waals surface area contributed by atoms with Crippen LogP contribution in [0.3, 0.4) is 0 Å². The highest BCUT2D eigenvalue weighted by Gasteiger charge is 2.46. The molecule has 0 spiro atoms. The van der Waals surface area contributed by atoms with E-state index in [0.717, 1.165) is 55.7 Å². The Labute approximate surface area is 289 Å². The minimum absolute atomic E-state index is 0.119. The molecule has 11 nitrogen and oxygen atoms in total. The van der Waals surface area contributed by atoms with Gasteiger partial charge in [-0.3, -0.25) is 0 Å². The van der Waals surface area contributed by atoms with E-state index < -0.39 is 23.5 Å². The zero-order chi connectivity index (χ0) is 34.7. The highest BCUT2D eigenvalue weighted by molar-refractivity contribution is 5.54. The minimum atomic E-state index is -1.45. The zero-order valence-electron chi connectivity index (χ0n) is 28.2. The maximum absolute atomic E-state index is 14.9. The van der Waals surface area contributed by atoms with E-state index in [0.29, 0.717) is 18.2 Å². The van der Waals surface area contributed by atoms with Crippen molar-refractivity contribution in [3.05, 3.63) is 119 Å². The first-order valence-corrected chi connectivity index (χ1v) is 17.0. The molecule has 0 saturated carbocycles. The van der Waals surface area contributed by atoms with Crippen molar-refractivity contribution in [2.24, 2.45) is 5.92 Å². The molecule has 2 fully saturated rings. The second kappa shape index (κ2) is 14.5. The van der Waals surface area contributed by atoms with Gasteiger partial charge >= 0.3 is 5.69 Å². The SMILES string of the molecule is CC(C)CCn1ncn(-c2ccc(N3CCN(c4ccc(OCC5COC(Cn6ccnc6)(c6ccc(F)cc6F)O5)cc4)CC3)cc2)c1=O. The lowest BCUT2D eigenvalue weighted by Crippen LogP contribution is -2.46. The molecule has 0 bridgehead atoms. The van der Waals surface area contributed by atoms with E-state index in [1.165, 1.54) is 16.8 Å². The first kappa shape index (κ1) is 33.5. The summed E-state index contributed by atoms with van der Waals surface area (Å²) in [4.78, 5) is 21.6. The van der Waals surface area contributed by atoms with Crippen molar-refractivity contribution < 1.29 is 23.0 Å². The molecule has 2 atom stereocenters. The summed E-state index contributed by atoms with van der Waals surface area (Å²) in [6, 6.07) is 19.4. The Morgan fingerprint density at radius 1 is 0.920 bits per heavy atom. The molecule has 13 heteroatoms. The summed E-state index contributed by atoms with van der Waals surface area (Å²) in [5, 5.41) is 4.29. The van der Waals surface area contributed by atoms with Gasteiger partial charge in [0, 0.05) is 68.1 Å². The van der Waals surface area contributed by atoms with E-state index in [1.807, 2.05) is 36.4 Å². The van der Waals surface area contributed by atoms with Gasteiger partial charge in [-0.15, -0.1) is 0 Å². The van der Waals surface area contributed by atoms with Crippen molar-refractivity contribution in [2.75, 3.05) is 49.2 Å². The molecule has 262 valence electrons. The van der Waals surface area contributed by atoms with Gasteiger partial charge in [-0.1, -0.05) is 13.8 Å². The van der Waals surface area contributed by atoms with Gasteiger partial charge in [0.2, 0.25) is 5.79 Å².